The third-order valence-electron chi connectivity index (χ3n) is 6.05. The molecule has 0 amide bonds. The van der Waals surface area contributed by atoms with Crippen molar-refractivity contribution in [2.75, 3.05) is 7.11 Å². The molecule has 0 saturated heterocycles. The number of rotatable bonds is 10. The third kappa shape index (κ3) is 5.96. The van der Waals surface area contributed by atoms with Crippen LogP contribution in [0, 0.1) is 10.8 Å². The Morgan fingerprint density at radius 2 is 1.94 bits per heavy atom. The Balaban J connectivity index is 1.79. The molecule has 2 unspecified atom stereocenters. The highest BCUT2D eigenvalue weighted by molar-refractivity contribution is 5.69. The van der Waals surface area contributed by atoms with Gasteiger partial charge in [0.25, 0.3) is 0 Å². The van der Waals surface area contributed by atoms with Gasteiger partial charge in [0, 0.05) is 12.3 Å². The number of aliphatic hydroxyl groups is 1. The predicted molar refractivity (Wildman–Crippen MR) is 121 cm³/mol. The van der Waals surface area contributed by atoms with Crippen molar-refractivity contribution in [3.05, 3.63) is 76.7 Å². The number of phenolic OH excluding ortho intramolecular Hbond substituents is 1. The van der Waals surface area contributed by atoms with E-state index >= 15 is 0 Å². The Kier molecular flexibility index (Phi) is 8.33. The lowest BCUT2D eigenvalue weighted by molar-refractivity contribution is -0.225. The zero-order valence-corrected chi connectivity index (χ0v) is 18.6. The zero-order chi connectivity index (χ0) is 24.7. The number of nitrogens with zero attached hydrogens (tertiary/aromatic N) is 1. The molecule has 3 rings (SSSR count). The number of benzene rings is 2. The fraction of sp³-hybridized carbons (Fsp3) is 0.400. The number of halogens is 2. The molecule has 1 fully saturated rings. The van der Waals surface area contributed by atoms with E-state index in [0.29, 0.717) is 24.0 Å². The molecule has 2 aromatic rings. The maximum atomic E-state index is 14.4. The van der Waals surface area contributed by atoms with Crippen LogP contribution in [-0.4, -0.2) is 41.5 Å². The molecule has 4 atom stereocenters. The Bertz CT molecular complexity index is 1010. The van der Waals surface area contributed by atoms with E-state index in [9.17, 15) is 28.7 Å². The molecule has 0 heterocycles. The number of aromatic hydroxyl groups is 1. The maximum Gasteiger partial charge on any atom is 0.428 e. The lowest BCUT2D eigenvalue weighted by atomic mass is 9.85. The molecule has 0 aliphatic heterocycles. The van der Waals surface area contributed by atoms with Crippen LogP contribution in [0.15, 0.2) is 65.9 Å². The summed E-state index contributed by atoms with van der Waals surface area (Å²) >= 11 is 0. The van der Waals surface area contributed by atoms with Gasteiger partial charge in [-0.25, -0.2) is 0 Å². The molecule has 34 heavy (non-hydrogen) atoms. The van der Waals surface area contributed by atoms with E-state index in [1.54, 1.807) is 24.3 Å². The summed E-state index contributed by atoms with van der Waals surface area (Å²) in [6.07, 6.45) is -2.67. The SMILES string of the molecule is COC(=O)CCc1cccc([C@H]2CC[C@@H](N=O)C2/C=C/C(O)C(F)(F)Oc2ccccc2)c1O. The molecular formula is C25H27F2NO6. The summed E-state index contributed by atoms with van der Waals surface area (Å²) in [5.74, 6) is -1.52. The molecule has 2 aromatic carbocycles. The van der Waals surface area contributed by atoms with Crippen LogP contribution in [0.3, 0.4) is 0 Å². The molecule has 1 aliphatic rings. The molecule has 9 heteroatoms. The predicted octanol–water partition coefficient (Wildman–Crippen LogP) is 4.72. The summed E-state index contributed by atoms with van der Waals surface area (Å²) in [6, 6.07) is 11.8. The number of esters is 1. The number of hydrogen-bond donors (Lipinski definition) is 2. The van der Waals surface area contributed by atoms with E-state index in [4.69, 9.17) is 0 Å². The summed E-state index contributed by atoms with van der Waals surface area (Å²) in [4.78, 5) is 22.9. The summed E-state index contributed by atoms with van der Waals surface area (Å²) in [5.41, 5.74) is 1.07. The molecule has 1 aliphatic carbocycles. The molecule has 182 valence electrons. The lowest BCUT2D eigenvalue weighted by Gasteiger charge is -2.23. The van der Waals surface area contributed by atoms with Gasteiger partial charge in [-0.2, -0.15) is 13.7 Å². The van der Waals surface area contributed by atoms with E-state index in [1.165, 1.54) is 37.5 Å². The van der Waals surface area contributed by atoms with Crippen molar-refractivity contribution in [1.29, 1.82) is 0 Å². The number of carbonyl (C=O) groups is 1. The largest absolute Gasteiger partial charge is 0.507 e. The van der Waals surface area contributed by atoms with Crippen LogP contribution in [0.5, 0.6) is 11.5 Å². The van der Waals surface area contributed by atoms with Crippen LogP contribution in [-0.2, 0) is 16.0 Å². The molecule has 0 radical (unpaired) electrons. The normalized spacial score (nSPS) is 21.4. The Morgan fingerprint density at radius 3 is 2.62 bits per heavy atom. The molecule has 0 spiro atoms. The smallest absolute Gasteiger partial charge is 0.428 e. The molecule has 2 N–H and O–H groups in total. The minimum Gasteiger partial charge on any atom is -0.507 e. The highest BCUT2D eigenvalue weighted by Crippen LogP contribution is 2.46. The van der Waals surface area contributed by atoms with Gasteiger partial charge >= 0.3 is 12.1 Å². The number of phenols is 1. The van der Waals surface area contributed by atoms with E-state index in [2.05, 4.69) is 14.7 Å². The molecule has 1 saturated carbocycles. The second-order valence-corrected chi connectivity index (χ2v) is 8.17. The molecule has 0 aromatic heterocycles. The topological polar surface area (TPSA) is 105 Å². The zero-order valence-electron chi connectivity index (χ0n) is 18.6. The number of para-hydroxylation sites is 2. The van der Waals surface area contributed by atoms with Crippen molar-refractivity contribution in [2.45, 2.75) is 49.9 Å². The highest BCUT2D eigenvalue weighted by atomic mass is 19.3. The molecular weight excluding hydrogens is 448 g/mol. The lowest BCUT2D eigenvalue weighted by Crippen LogP contribution is -2.38. The highest BCUT2D eigenvalue weighted by Gasteiger charge is 2.42. The van der Waals surface area contributed by atoms with Crippen LogP contribution in [0.25, 0.3) is 0 Å². The standard InChI is InChI=1S/C25H27F2NO6/c1-33-23(30)15-10-16-6-5-9-20(24(16)31)18-11-13-21(28-32)19(18)12-14-22(29)25(26,27)34-17-7-3-2-4-8-17/h2-9,12,14,18-19,21-22,29,31H,10-11,13,15H2,1H3/b14-12+/t18-,19?,21+,22?/m0/s1. The van der Waals surface area contributed by atoms with Crippen LogP contribution in [0.2, 0.25) is 0 Å². The number of hydrogen-bond acceptors (Lipinski definition) is 7. The van der Waals surface area contributed by atoms with Gasteiger partial charge in [-0.15, -0.1) is 0 Å². The number of aliphatic hydroxyl groups excluding tert-OH is 1. The van der Waals surface area contributed by atoms with Gasteiger partial charge in [0.2, 0.25) is 0 Å². The second kappa shape index (κ2) is 11.2. The summed E-state index contributed by atoms with van der Waals surface area (Å²) < 4.78 is 38.0. The number of nitroso groups, excluding NO2 is 1. The summed E-state index contributed by atoms with van der Waals surface area (Å²) in [6.45, 7) is 0. The fourth-order valence-electron chi connectivity index (χ4n) is 4.25. The van der Waals surface area contributed by atoms with Gasteiger partial charge in [0.15, 0.2) is 6.10 Å². The number of methoxy groups -OCH3 is 1. The minimum absolute atomic E-state index is 0.0142. The maximum absolute atomic E-state index is 14.4. The minimum atomic E-state index is -3.90. The monoisotopic (exact) mass is 475 g/mol. The Morgan fingerprint density at radius 1 is 1.21 bits per heavy atom. The van der Waals surface area contributed by atoms with Crippen molar-refractivity contribution in [3.63, 3.8) is 0 Å². The second-order valence-electron chi connectivity index (χ2n) is 8.17. The van der Waals surface area contributed by atoms with Gasteiger partial charge in [-0.3, -0.25) is 4.79 Å². The molecule has 0 bridgehead atoms. The van der Waals surface area contributed by atoms with E-state index in [0.717, 1.165) is 6.08 Å². The first-order valence-electron chi connectivity index (χ1n) is 10.9. The van der Waals surface area contributed by atoms with Crippen LogP contribution in [0.1, 0.15) is 36.3 Å². The third-order valence-corrected chi connectivity index (χ3v) is 6.05. The van der Waals surface area contributed by atoms with Gasteiger partial charge in [-0.1, -0.05) is 47.7 Å². The van der Waals surface area contributed by atoms with Gasteiger partial charge in [-0.05, 0) is 54.5 Å². The van der Waals surface area contributed by atoms with Crippen molar-refractivity contribution in [2.24, 2.45) is 11.1 Å². The van der Waals surface area contributed by atoms with E-state index in [-0.39, 0.29) is 30.3 Å². The van der Waals surface area contributed by atoms with E-state index in [1.807, 2.05) is 0 Å². The first kappa shape index (κ1) is 25.3. The average Bonchev–Trinajstić information content (AvgIpc) is 3.24. The van der Waals surface area contributed by atoms with E-state index < -0.39 is 30.1 Å². The first-order chi connectivity index (χ1) is 16.3. The number of ether oxygens (including phenoxy) is 2. The van der Waals surface area contributed by atoms with Crippen LogP contribution >= 0.6 is 0 Å². The summed E-state index contributed by atoms with van der Waals surface area (Å²) in [7, 11) is 1.28. The van der Waals surface area contributed by atoms with Gasteiger partial charge < -0.3 is 19.7 Å². The summed E-state index contributed by atoms with van der Waals surface area (Å²) in [5, 5.41) is 24.0. The van der Waals surface area contributed by atoms with Crippen molar-refractivity contribution in [3.8, 4) is 11.5 Å². The Labute approximate surface area is 196 Å². The average molecular weight is 475 g/mol. The van der Waals surface area contributed by atoms with Crippen molar-refractivity contribution in [1.82, 2.24) is 0 Å². The number of alkyl halides is 2. The Hall–Kier alpha value is -3.33. The molecule has 7 nitrogen and oxygen atoms in total. The fourth-order valence-corrected chi connectivity index (χ4v) is 4.25. The van der Waals surface area contributed by atoms with Crippen molar-refractivity contribution < 1.29 is 33.3 Å². The number of aryl methyl sites for hydroxylation is 1. The van der Waals surface area contributed by atoms with Crippen molar-refractivity contribution >= 4 is 5.97 Å². The van der Waals surface area contributed by atoms with Gasteiger partial charge in [0.1, 0.15) is 11.5 Å². The number of carbonyl (C=O) groups excluding carboxylic acids is 1. The first-order valence-corrected chi connectivity index (χ1v) is 10.9. The van der Waals surface area contributed by atoms with Crippen LogP contribution < -0.4 is 4.74 Å². The van der Waals surface area contributed by atoms with Crippen LogP contribution in [0.4, 0.5) is 8.78 Å². The van der Waals surface area contributed by atoms with Gasteiger partial charge in [0.05, 0.1) is 13.2 Å². The quantitative estimate of drug-likeness (QED) is 0.293.